The third-order valence-electron chi connectivity index (χ3n) is 2.30. The quantitative estimate of drug-likeness (QED) is 0.366. The highest BCUT2D eigenvalue weighted by Gasteiger charge is 2.31. The second kappa shape index (κ2) is 6.02. The Morgan fingerprint density at radius 1 is 1.67 bits per heavy atom. The SMILES string of the molecule is C=CCNC(=NC)NCC1(O)CCSC1. The lowest BCUT2D eigenvalue weighted by Crippen LogP contribution is -2.47. The first-order chi connectivity index (χ1) is 7.20. The summed E-state index contributed by atoms with van der Waals surface area (Å²) in [5.41, 5.74) is -0.573. The van der Waals surface area contributed by atoms with E-state index >= 15 is 0 Å². The molecule has 5 heteroatoms. The Hall–Kier alpha value is -0.680. The van der Waals surface area contributed by atoms with Gasteiger partial charge in [-0.15, -0.1) is 6.58 Å². The molecule has 0 amide bonds. The van der Waals surface area contributed by atoms with Gasteiger partial charge in [-0.2, -0.15) is 11.8 Å². The van der Waals surface area contributed by atoms with Crippen molar-refractivity contribution in [3.63, 3.8) is 0 Å². The summed E-state index contributed by atoms with van der Waals surface area (Å²) in [5, 5.41) is 16.3. The Kier molecular flexibility index (Phi) is 4.98. The van der Waals surface area contributed by atoms with E-state index in [9.17, 15) is 5.11 Å². The minimum Gasteiger partial charge on any atom is -0.387 e. The third-order valence-corrected chi connectivity index (χ3v) is 3.54. The first-order valence-corrected chi connectivity index (χ1v) is 6.21. The smallest absolute Gasteiger partial charge is 0.191 e. The normalized spacial score (nSPS) is 26.4. The summed E-state index contributed by atoms with van der Waals surface area (Å²) in [7, 11) is 1.71. The maximum atomic E-state index is 10.1. The molecule has 0 radical (unpaired) electrons. The predicted octanol–water partition coefficient (Wildman–Crippen LogP) is 0.205. The molecule has 0 aromatic rings. The number of nitrogens with zero attached hydrogens (tertiary/aromatic N) is 1. The average Bonchev–Trinajstić information content (AvgIpc) is 2.66. The minimum absolute atomic E-state index is 0.552. The molecule has 86 valence electrons. The fraction of sp³-hybridized carbons (Fsp3) is 0.700. The van der Waals surface area contributed by atoms with Crippen molar-refractivity contribution in [2.75, 3.05) is 31.6 Å². The van der Waals surface area contributed by atoms with Crippen LogP contribution in [0.5, 0.6) is 0 Å². The zero-order chi connectivity index (χ0) is 11.1. The van der Waals surface area contributed by atoms with E-state index in [1.807, 2.05) is 0 Å². The summed E-state index contributed by atoms with van der Waals surface area (Å²) >= 11 is 1.79. The molecule has 0 aromatic heterocycles. The topological polar surface area (TPSA) is 56.7 Å². The molecule has 1 heterocycles. The molecule has 0 bridgehead atoms. The number of aliphatic hydroxyl groups is 1. The molecular weight excluding hydrogens is 210 g/mol. The van der Waals surface area contributed by atoms with E-state index in [2.05, 4.69) is 22.2 Å². The van der Waals surface area contributed by atoms with Gasteiger partial charge in [0, 0.05) is 25.9 Å². The number of hydrogen-bond donors (Lipinski definition) is 3. The largest absolute Gasteiger partial charge is 0.387 e. The molecule has 1 atom stereocenters. The maximum absolute atomic E-state index is 10.1. The molecule has 1 aliphatic rings. The second-order valence-corrected chi connectivity index (χ2v) is 4.73. The van der Waals surface area contributed by atoms with Crippen molar-refractivity contribution < 1.29 is 5.11 Å². The lowest BCUT2D eigenvalue weighted by molar-refractivity contribution is 0.0724. The van der Waals surface area contributed by atoms with Crippen LogP contribution in [0, 0.1) is 0 Å². The lowest BCUT2D eigenvalue weighted by atomic mass is 10.0. The van der Waals surface area contributed by atoms with Crippen LogP contribution in [-0.4, -0.2) is 48.3 Å². The van der Waals surface area contributed by atoms with Crippen molar-refractivity contribution in [2.24, 2.45) is 4.99 Å². The van der Waals surface area contributed by atoms with Crippen LogP contribution in [0.1, 0.15) is 6.42 Å². The average molecular weight is 229 g/mol. The number of hydrogen-bond acceptors (Lipinski definition) is 3. The van der Waals surface area contributed by atoms with E-state index in [4.69, 9.17) is 0 Å². The summed E-state index contributed by atoms with van der Waals surface area (Å²) in [6.07, 6.45) is 2.62. The maximum Gasteiger partial charge on any atom is 0.191 e. The molecule has 1 saturated heterocycles. The highest BCUT2D eigenvalue weighted by atomic mass is 32.2. The zero-order valence-electron chi connectivity index (χ0n) is 9.12. The van der Waals surface area contributed by atoms with Crippen LogP contribution in [0.4, 0.5) is 0 Å². The van der Waals surface area contributed by atoms with Gasteiger partial charge in [0.2, 0.25) is 0 Å². The molecule has 1 rings (SSSR count). The van der Waals surface area contributed by atoms with Gasteiger partial charge in [-0.1, -0.05) is 6.08 Å². The van der Waals surface area contributed by atoms with E-state index < -0.39 is 5.60 Å². The van der Waals surface area contributed by atoms with E-state index in [-0.39, 0.29) is 0 Å². The third kappa shape index (κ3) is 4.13. The van der Waals surface area contributed by atoms with Crippen LogP contribution in [0.15, 0.2) is 17.6 Å². The minimum atomic E-state index is -0.573. The number of nitrogens with one attached hydrogen (secondary N) is 2. The number of thioether (sulfide) groups is 1. The van der Waals surface area contributed by atoms with Gasteiger partial charge in [0.05, 0.1) is 5.60 Å². The van der Waals surface area contributed by atoms with Crippen LogP contribution in [0.3, 0.4) is 0 Å². The summed E-state index contributed by atoms with van der Waals surface area (Å²) in [6, 6.07) is 0. The van der Waals surface area contributed by atoms with Crippen molar-refractivity contribution in [1.82, 2.24) is 10.6 Å². The highest BCUT2D eigenvalue weighted by Crippen LogP contribution is 2.26. The lowest BCUT2D eigenvalue weighted by Gasteiger charge is -2.22. The molecule has 4 nitrogen and oxygen atoms in total. The van der Waals surface area contributed by atoms with Gasteiger partial charge in [-0.05, 0) is 12.2 Å². The van der Waals surface area contributed by atoms with Gasteiger partial charge >= 0.3 is 0 Å². The summed E-state index contributed by atoms with van der Waals surface area (Å²) in [4.78, 5) is 4.05. The fourth-order valence-corrected chi connectivity index (χ4v) is 2.67. The fourth-order valence-electron chi connectivity index (χ4n) is 1.37. The Morgan fingerprint density at radius 2 is 2.47 bits per heavy atom. The monoisotopic (exact) mass is 229 g/mol. The second-order valence-electron chi connectivity index (χ2n) is 3.62. The molecule has 0 aliphatic carbocycles. The molecule has 3 N–H and O–H groups in total. The van der Waals surface area contributed by atoms with Crippen LogP contribution in [0.25, 0.3) is 0 Å². The van der Waals surface area contributed by atoms with E-state index in [1.165, 1.54) is 0 Å². The Labute approximate surface area is 95.2 Å². The number of guanidine groups is 1. The van der Waals surface area contributed by atoms with Gasteiger partial charge < -0.3 is 15.7 Å². The first-order valence-electron chi connectivity index (χ1n) is 5.06. The van der Waals surface area contributed by atoms with Crippen molar-refractivity contribution >= 4 is 17.7 Å². The Morgan fingerprint density at radius 3 is 3.00 bits per heavy atom. The van der Waals surface area contributed by atoms with Crippen molar-refractivity contribution in [1.29, 1.82) is 0 Å². The van der Waals surface area contributed by atoms with Gasteiger partial charge in [-0.3, -0.25) is 4.99 Å². The van der Waals surface area contributed by atoms with Crippen LogP contribution in [0.2, 0.25) is 0 Å². The van der Waals surface area contributed by atoms with Gasteiger partial charge in [0.1, 0.15) is 0 Å². The van der Waals surface area contributed by atoms with Gasteiger partial charge in [-0.25, -0.2) is 0 Å². The molecule has 0 spiro atoms. The van der Waals surface area contributed by atoms with Crippen molar-refractivity contribution in [2.45, 2.75) is 12.0 Å². The summed E-state index contributed by atoms with van der Waals surface area (Å²) in [6.45, 7) is 4.85. The molecule has 0 aromatic carbocycles. The van der Waals surface area contributed by atoms with E-state index in [1.54, 1.807) is 24.9 Å². The van der Waals surface area contributed by atoms with E-state index in [0.717, 1.165) is 17.9 Å². The molecule has 1 aliphatic heterocycles. The number of aliphatic imine (C=N–C) groups is 1. The highest BCUT2D eigenvalue weighted by molar-refractivity contribution is 7.99. The van der Waals surface area contributed by atoms with Crippen LogP contribution in [-0.2, 0) is 0 Å². The summed E-state index contributed by atoms with van der Waals surface area (Å²) < 4.78 is 0. The molecule has 15 heavy (non-hydrogen) atoms. The van der Waals surface area contributed by atoms with Gasteiger partial charge in [0.25, 0.3) is 0 Å². The summed E-state index contributed by atoms with van der Waals surface area (Å²) in [5.74, 6) is 2.55. The molecule has 0 saturated carbocycles. The first kappa shape index (κ1) is 12.4. The van der Waals surface area contributed by atoms with E-state index in [0.29, 0.717) is 19.0 Å². The Balaban J connectivity index is 2.30. The van der Waals surface area contributed by atoms with Crippen molar-refractivity contribution in [3.8, 4) is 0 Å². The molecular formula is C10H19N3OS. The van der Waals surface area contributed by atoms with Gasteiger partial charge in [0.15, 0.2) is 5.96 Å². The Bertz CT molecular complexity index is 237. The van der Waals surface area contributed by atoms with Crippen molar-refractivity contribution in [3.05, 3.63) is 12.7 Å². The molecule has 1 fully saturated rings. The van der Waals surface area contributed by atoms with Crippen LogP contribution < -0.4 is 10.6 Å². The van der Waals surface area contributed by atoms with Crippen LogP contribution >= 0.6 is 11.8 Å². The molecule has 1 unspecified atom stereocenters. The number of rotatable bonds is 4. The zero-order valence-corrected chi connectivity index (χ0v) is 9.94. The standard InChI is InChI=1S/C10H19N3OS/c1-3-5-12-9(11-2)13-7-10(14)4-6-15-8-10/h3,14H,1,4-8H2,2H3,(H2,11,12,13). The predicted molar refractivity (Wildman–Crippen MR) is 66.5 cm³/mol.